The van der Waals surface area contributed by atoms with E-state index in [-0.39, 0.29) is 10.8 Å². The average Bonchev–Trinajstić information content (AvgIpc) is 3.19. The molecule has 1 aliphatic rings. The minimum Gasteiger partial charge on any atom is -0.339 e. The third kappa shape index (κ3) is 4.69. The fourth-order valence-electron chi connectivity index (χ4n) is 4.06. The smallest absolute Gasteiger partial charge is 0.242 e. The molecule has 11 heteroatoms. The van der Waals surface area contributed by atoms with Crippen LogP contribution in [0.25, 0.3) is 11.0 Å². The van der Waals surface area contributed by atoms with E-state index in [4.69, 9.17) is 0 Å². The summed E-state index contributed by atoms with van der Waals surface area (Å²) in [4.78, 5) is 30.2. The molecule has 2 aromatic heterocycles. The van der Waals surface area contributed by atoms with Gasteiger partial charge in [-0.05, 0) is 31.2 Å². The van der Waals surface area contributed by atoms with E-state index in [1.807, 2.05) is 16.4 Å². The molecule has 3 heterocycles. The maximum absolute atomic E-state index is 12.8. The molecule has 0 aliphatic carbocycles. The first-order valence-corrected chi connectivity index (χ1v) is 12.5. The first-order valence-electron chi connectivity index (χ1n) is 11.0. The molecule has 176 valence electrons. The minimum absolute atomic E-state index is 0.0919. The molecule has 1 aromatic carbocycles. The number of hydrogen-bond acceptors (Lipinski definition) is 7. The second kappa shape index (κ2) is 9.44. The topological polar surface area (TPSA) is 105 Å². The van der Waals surface area contributed by atoms with E-state index in [1.165, 1.54) is 18.4 Å². The van der Waals surface area contributed by atoms with Gasteiger partial charge >= 0.3 is 0 Å². The number of piperazine rings is 1. The van der Waals surface area contributed by atoms with Gasteiger partial charge in [-0.1, -0.05) is 0 Å². The van der Waals surface area contributed by atoms with Gasteiger partial charge in [0, 0.05) is 72.1 Å². The highest BCUT2D eigenvalue weighted by molar-refractivity contribution is 7.89. The fraction of sp³-hybridized carbons (Fsp3) is 0.455. The van der Waals surface area contributed by atoms with Crippen LogP contribution in [0.2, 0.25) is 0 Å². The SMILES string of the molecule is CCn1c(CCC(=O)N2CCN(c3ncccn3)CC2)nc2cc(S(=O)(=O)N(C)C)ccc21. The Hall–Kier alpha value is -3.05. The molecule has 0 unspecified atom stereocenters. The first-order chi connectivity index (χ1) is 15.8. The summed E-state index contributed by atoms with van der Waals surface area (Å²) >= 11 is 0. The van der Waals surface area contributed by atoms with Crippen LogP contribution in [0, 0.1) is 0 Å². The molecule has 1 saturated heterocycles. The summed E-state index contributed by atoms with van der Waals surface area (Å²) in [6.07, 6.45) is 4.30. The lowest BCUT2D eigenvalue weighted by atomic mass is 10.2. The van der Waals surface area contributed by atoms with Gasteiger partial charge in [-0.15, -0.1) is 0 Å². The Morgan fingerprint density at radius 3 is 2.42 bits per heavy atom. The Morgan fingerprint density at radius 2 is 1.79 bits per heavy atom. The van der Waals surface area contributed by atoms with Gasteiger partial charge < -0.3 is 14.4 Å². The monoisotopic (exact) mass is 471 g/mol. The summed E-state index contributed by atoms with van der Waals surface area (Å²) in [6, 6.07) is 6.79. The number of amides is 1. The van der Waals surface area contributed by atoms with Crippen LogP contribution in [0.4, 0.5) is 5.95 Å². The minimum atomic E-state index is -3.53. The quantitative estimate of drug-likeness (QED) is 0.513. The second-order valence-corrected chi connectivity index (χ2v) is 10.3. The van der Waals surface area contributed by atoms with Gasteiger partial charge in [0.15, 0.2) is 0 Å². The number of anilines is 1. The van der Waals surface area contributed by atoms with Gasteiger partial charge in [0.25, 0.3) is 0 Å². The number of carbonyl (C=O) groups is 1. The third-order valence-corrected chi connectivity index (χ3v) is 7.73. The van der Waals surface area contributed by atoms with Crippen LogP contribution < -0.4 is 4.90 Å². The van der Waals surface area contributed by atoms with Crippen molar-refractivity contribution < 1.29 is 13.2 Å². The van der Waals surface area contributed by atoms with Crippen LogP contribution in [0.5, 0.6) is 0 Å². The first kappa shape index (κ1) is 23.1. The van der Waals surface area contributed by atoms with Gasteiger partial charge in [0.1, 0.15) is 5.82 Å². The lowest BCUT2D eigenvalue weighted by Gasteiger charge is -2.34. The van der Waals surface area contributed by atoms with Gasteiger partial charge in [0.05, 0.1) is 15.9 Å². The molecule has 1 fully saturated rings. The predicted octanol–water partition coefficient (Wildman–Crippen LogP) is 1.38. The van der Waals surface area contributed by atoms with Crippen LogP contribution in [0.1, 0.15) is 19.2 Å². The molecule has 0 N–H and O–H groups in total. The molecular weight excluding hydrogens is 442 g/mol. The van der Waals surface area contributed by atoms with Crippen molar-refractivity contribution >= 4 is 32.9 Å². The number of carbonyl (C=O) groups excluding carboxylic acids is 1. The highest BCUT2D eigenvalue weighted by Crippen LogP contribution is 2.23. The van der Waals surface area contributed by atoms with Crippen molar-refractivity contribution in [2.75, 3.05) is 45.2 Å². The summed E-state index contributed by atoms with van der Waals surface area (Å²) in [5, 5.41) is 0. The third-order valence-electron chi connectivity index (χ3n) is 5.92. The summed E-state index contributed by atoms with van der Waals surface area (Å²) in [5.41, 5.74) is 1.49. The van der Waals surface area contributed by atoms with Crippen molar-refractivity contribution in [3.63, 3.8) is 0 Å². The number of aromatic nitrogens is 4. The van der Waals surface area contributed by atoms with E-state index in [9.17, 15) is 13.2 Å². The Bertz CT molecular complexity index is 1230. The fourth-order valence-corrected chi connectivity index (χ4v) is 4.98. The van der Waals surface area contributed by atoms with Gasteiger partial charge in [0.2, 0.25) is 21.9 Å². The molecule has 1 amide bonds. The number of aryl methyl sites for hydroxylation is 2. The van der Waals surface area contributed by atoms with Crippen molar-refractivity contribution in [2.24, 2.45) is 0 Å². The molecular formula is C22H29N7O3S. The molecule has 1 aliphatic heterocycles. The van der Waals surface area contributed by atoms with Crippen molar-refractivity contribution in [3.05, 3.63) is 42.5 Å². The van der Waals surface area contributed by atoms with Crippen LogP contribution in [0.3, 0.4) is 0 Å². The van der Waals surface area contributed by atoms with E-state index in [0.717, 1.165) is 11.3 Å². The molecule has 10 nitrogen and oxygen atoms in total. The van der Waals surface area contributed by atoms with Crippen molar-refractivity contribution in [1.29, 1.82) is 0 Å². The molecule has 4 rings (SSSR count). The number of hydrogen-bond donors (Lipinski definition) is 0. The number of imidazole rings is 1. The lowest BCUT2D eigenvalue weighted by molar-refractivity contribution is -0.131. The van der Waals surface area contributed by atoms with E-state index < -0.39 is 10.0 Å². The van der Waals surface area contributed by atoms with E-state index >= 15 is 0 Å². The largest absolute Gasteiger partial charge is 0.339 e. The van der Waals surface area contributed by atoms with Crippen molar-refractivity contribution in [1.82, 2.24) is 28.7 Å². The van der Waals surface area contributed by atoms with E-state index in [0.29, 0.717) is 57.0 Å². The lowest BCUT2D eigenvalue weighted by Crippen LogP contribution is -2.49. The molecule has 0 saturated carbocycles. The highest BCUT2D eigenvalue weighted by atomic mass is 32.2. The Kier molecular flexibility index (Phi) is 6.61. The maximum atomic E-state index is 12.8. The Balaban J connectivity index is 1.43. The molecule has 0 spiro atoms. The van der Waals surface area contributed by atoms with Crippen LogP contribution >= 0.6 is 0 Å². The number of nitrogens with zero attached hydrogens (tertiary/aromatic N) is 7. The molecule has 0 bridgehead atoms. The standard InChI is InChI=1S/C22H29N7O3S/c1-4-29-19-7-6-17(33(31,32)26(2)3)16-18(19)25-20(29)8-9-21(30)27-12-14-28(15-13-27)22-23-10-5-11-24-22/h5-7,10-11,16H,4,8-9,12-15H2,1-3H3. The van der Waals surface area contributed by atoms with Gasteiger partial charge in [-0.25, -0.2) is 27.7 Å². The Morgan fingerprint density at radius 1 is 1.09 bits per heavy atom. The molecule has 3 aromatic rings. The normalized spacial score (nSPS) is 14.9. The van der Waals surface area contributed by atoms with E-state index in [1.54, 1.807) is 36.7 Å². The summed E-state index contributed by atoms with van der Waals surface area (Å²) < 4.78 is 28.2. The van der Waals surface area contributed by atoms with Gasteiger partial charge in [-0.2, -0.15) is 0 Å². The van der Waals surface area contributed by atoms with Crippen LogP contribution in [0.15, 0.2) is 41.6 Å². The van der Waals surface area contributed by atoms with Gasteiger partial charge in [-0.3, -0.25) is 4.79 Å². The van der Waals surface area contributed by atoms with E-state index in [2.05, 4.69) is 19.9 Å². The number of sulfonamides is 1. The Labute approximate surface area is 193 Å². The molecule has 0 radical (unpaired) electrons. The summed E-state index contributed by atoms with van der Waals surface area (Å²) in [7, 11) is -0.517. The summed E-state index contributed by atoms with van der Waals surface area (Å²) in [6.45, 7) is 5.37. The van der Waals surface area contributed by atoms with Crippen LogP contribution in [-0.4, -0.2) is 83.3 Å². The highest BCUT2D eigenvalue weighted by Gasteiger charge is 2.23. The molecule has 33 heavy (non-hydrogen) atoms. The number of rotatable bonds is 7. The number of fused-ring (bicyclic) bond motifs is 1. The average molecular weight is 472 g/mol. The van der Waals surface area contributed by atoms with Crippen LogP contribution in [-0.2, 0) is 27.8 Å². The zero-order valence-electron chi connectivity index (χ0n) is 19.2. The van der Waals surface area contributed by atoms with Crippen molar-refractivity contribution in [3.8, 4) is 0 Å². The predicted molar refractivity (Wildman–Crippen MR) is 125 cm³/mol. The maximum Gasteiger partial charge on any atom is 0.242 e. The summed E-state index contributed by atoms with van der Waals surface area (Å²) in [5.74, 6) is 1.57. The zero-order valence-corrected chi connectivity index (χ0v) is 20.0. The second-order valence-electron chi connectivity index (χ2n) is 8.13. The van der Waals surface area contributed by atoms with Crippen molar-refractivity contribution in [2.45, 2.75) is 31.2 Å². The zero-order chi connectivity index (χ0) is 23.6. The number of benzene rings is 1. The molecule has 0 atom stereocenters.